The van der Waals surface area contributed by atoms with Gasteiger partial charge in [0, 0.05) is 18.0 Å². The summed E-state index contributed by atoms with van der Waals surface area (Å²) in [6.07, 6.45) is 1.23. The second-order valence-corrected chi connectivity index (χ2v) is 11.3. The van der Waals surface area contributed by atoms with E-state index < -0.39 is 47.0 Å². The normalized spacial score (nSPS) is 15.7. The highest BCUT2D eigenvalue weighted by molar-refractivity contribution is 5.93. The van der Waals surface area contributed by atoms with Crippen LogP contribution in [0, 0.1) is 0 Å². The summed E-state index contributed by atoms with van der Waals surface area (Å²) < 4.78 is 5.33. The fourth-order valence-electron chi connectivity index (χ4n) is 3.93. The van der Waals surface area contributed by atoms with Crippen molar-refractivity contribution >= 4 is 23.8 Å². The Morgan fingerprint density at radius 1 is 1.14 bits per heavy atom. The molecule has 1 fully saturated rings. The van der Waals surface area contributed by atoms with Crippen molar-refractivity contribution in [3.8, 4) is 5.75 Å². The monoisotopic (exact) mass is 504 g/mol. The number of phenolic OH excluding ortho intramolecular Hbond substituents is 1. The zero-order chi connectivity index (χ0) is 27.3. The highest BCUT2D eigenvalue weighted by Gasteiger charge is 2.42. The topological polar surface area (TPSA) is 151 Å². The predicted molar refractivity (Wildman–Crippen MR) is 135 cm³/mol. The number of hydrogen-bond acceptors (Lipinski definition) is 6. The van der Waals surface area contributed by atoms with Crippen LogP contribution >= 0.6 is 0 Å². The number of alkyl carbamates (subject to hydrolysis) is 1. The van der Waals surface area contributed by atoms with E-state index in [9.17, 15) is 24.3 Å². The number of primary amides is 1. The minimum absolute atomic E-state index is 0.0424. The summed E-state index contributed by atoms with van der Waals surface area (Å²) in [5.41, 5.74) is 4.38. The number of amides is 4. The summed E-state index contributed by atoms with van der Waals surface area (Å²) in [5, 5.41) is 15.6. The fourth-order valence-corrected chi connectivity index (χ4v) is 3.93. The molecule has 2 atom stereocenters. The van der Waals surface area contributed by atoms with E-state index in [1.54, 1.807) is 32.9 Å². The lowest BCUT2D eigenvalue weighted by Crippen LogP contribution is -2.58. The highest BCUT2D eigenvalue weighted by Crippen LogP contribution is 2.35. The van der Waals surface area contributed by atoms with Gasteiger partial charge in [-0.05, 0) is 84.9 Å². The average Bonchev–Trinajstić information content (AvgIpc) is 2.66. The number of nitrogens with one attached hydrogen (secondary N) is 2. The van der Waals surface area contributed by atoms with E-state index >= 15 is 0 Å². The van der Waals surface area contributed by atoms with Gasteiger partial charge in [-0.25, -0.2) is 4.79 Å². The Bertz CT molecular complexity index is 962. The average molecular weight is 505 g/mol. The third-order valence-corrected chi connectivity index (χ3v) is 5.60. The van der Waals surface area contributed by atoms with E-state index in [-0.39, 0.29) is 24.6 Å². The Hall–Kier alpha value is -3.30. The van der Waals surface area contributed by atoms with Crippen molar-refractivity contribution in [1.29, 1.82) is 0 Å². The molecular formula is C26H40N4O6. The molecular weight excluding hydrogens is 464 g/mol. The Balaban J connectivity index is 2.51. The number of benzene rings is 1. The molecule has 0 aromatic heterocycles. The maximum Gasteiger partial charge on any atom is 0.408 e. The number of ether oxygens (including phenoxy) is 1. The van der Waals surface area contributed by atoms with Gasteiger partial charge in [0.2, 0.25) is 17.7 Å². The van der Waals surface area contributed by atoms with Gasteiger partial charge in [0.15, 0.2) is 0 Å². The van der Waals surface area contributed by atoms with Crippen LogP contribution in [0.15, 0.2) is 24.3 Å². The van der Waals surface area contributed by atoms with Crippen LogP contribution in [-0.4, -0.2) is 57.0 Å². The summed E-state index contributed by atoms with van der Waals surface area (Å²) in [6.45, 7) is 10.6. The maximum atomic E-state index is 14.0. The fraction of sp³-hybridized carbons (Fsp3) is 0.615. The molecule has 4 amide bonds. The van der Waals surface area contributed by atoms with Crippen LogP contribution in [0.4, 0.5) is 4.79 Å². The molecule has 0 saturated heterocycles. The summed E-state index contributed by atoms with van der Waals surface area (Å²) in [5.74, 6) is -1.60. The van der Waals surface area contributed by atoms with Gasteiger partial charge in [-0.3, -0.25) is 14.4 Å². The lowest BCUT2D eigenvalue weighted by atomic mass is 9.87. The second kappa shape index (κ2) is 11.6. The molecule has 0 spiro atoms. The van der Waals surface area contributed by atoms with E-state index in [2.05, 4.69) is 10.6 Å². The van der Waals surface area contributed by atoms with Crippen molar-refractivity contribution in [2.24, 2.45) is 5.73 Å². The number of rotatable bonds is 9. The van der Waals surface area contributed by atoms with Gasteiger partial charge in [0.05, 0.1) is 0 Å². The molecule has 5 N–H and O–H groups in total. The van der Waals surface area contributed by atoms with Gasteiger partial charge >= 0.3 is 6.09 Å². The number of aromatic hydroxyl groups is 1. The van der Waals surface area contributed by atoms with Crippen molar-refractivity contribution in [2.75, 3.05) is 0 Å². The van der Waals surface area contributed by atoms with E-state index in [0.717, 1.165) is 6.42 Å². The lowest BCUT2D eigenvalue weighted by Gasteiger charge is -2.44. The number of nitrogens with two attached hydrogens (primary N) is 1. The first-order valence-corrected chi connectivity index (χ1v) is 12.3. The number of nitrogens with zero attached hydrogens (tertiary/aromatic N) is 1. The SMILES string of the molecule is CC(C)(C)NC(=O)C(c1cccc(O)c1)N(C(=O)C(CCC(N)=O)NC(=O)OC(C)(C)C)C1CCC1. The molecule has 1 aliphatic carbocycles. The molecule has 10 nitrogen and oxygen atoms in total. The van der Waals surface area contributed by atoms with Gasteiger partial charge in [-0.15, -0.1) is 0 Å². The largest absolute Gasteiger partial charge is 0.508 e. The van der Waals surface area contributed by atoms with E-state index in [1.165, 1.54) is 17.0 Å². The first-order chi connectivity index (χ1) is 16.6. The van der Waals surface area contributed by atoms with Gasteiger partial charge in [-0.1, -0.05) is 12.1 Å². The van der Waals surface area contributed by atoms with Gasteiger partial charge in [0.1, 0.15) is 23.4 Å². The molecule has 1 aromatic carbocycles. The Labute approximate surface area is 212 Å². The molecule has 200 valence electrons. The van der Waals surface area contributed by atoms with Crippen LogP contribution in [-0.2, 0) is 19.1 Å². The van der Waals surface area contributed by atoms with Crippen molar-refractivity contribution in [1.82, 2.24) is 15.5 Å². The van der Waals surface area contributed by atoms with Gasteiger partial charge < -0.3 is 31.1 Å². The van der Waals surface area contributed by atoms with Crippen molar-refractivity contribution in [3.05, 3.63) is 29.8 Å². The zero-order valence-corrected chi connectivity index (χ0v) is 22.1. The third-order valence-electron chi connectivity index (χ3n) is 5.60. The van der Waals surface area contributed by atoms with Crippen molar-refractivity contribution < 1.29 is 29.0 Å². The van der Waals surface area contributed by atoms with Crippen LogP contribution in [0.25, 0.3) is 0 Å². The third kappa shape index (κ3) is 8.73. The minimum atomic E-state index is -1.14. The molecule has 0 heterocycles. The first kappa shape index (κ1) is 28.9. The molecule has 0 bridgehead atoms. The van der Waals surface area contributed by atoms with Crippen molar-refractivity contribution in [3.63, 3.8) is 0 Å². The maximum absolute atomic E-state index is 14.0. The number of phenols is 1. The first-order valence-electron chi connectivity index (χ1n) is 12.3. The summed E-state index contributed by atoms with van der Waals surface area (Å²) in [7, 11) is 0. The molecule has 36 heavy (non-hydrogen) atoms. The molecule has 2 rings (SSSR count). The molecule has 1 saturated carbocycles. The molecule has 2 unspecified atom stereocenters. The van der Waals surface area contributed by atoms with E-state index in [4.69, 9.17) is 10.5 Å². The molecule has 1 aliphatic rings. The molecule has 1 aromatic rings. The number of hydrogen-bond donors (Lipinski definition) is 4. The minimum Gasteiger partial charge on any atom is -0.508 e. The van der Waals surface area contributed by atoms with E-state index in [0.29, 0.717) is 18.4 Å². The smallest absolute Gasteiger partial charge is 0.408 e. The van der Waals surface area contributed by atoms with Crippen LogP contribution < -0.4 is 16.4 Å². The second-order valence-electron chi connectivity index (χ2n) is 11.3. The Morgan fingerprint density at radius 3 is 2.25 bits per heavy atom. The lowest BCUT2D eigenvalue weighted by molar-refractivity contribution is -0.148. The molecule has 0 aliphatic heterocycles. The van der Waals surface area contributed by atoms with Crippen LogP contribution in [0.5, 0.6) is 5.75 Å². The number of carbonyl (C=O) groups is 4. The summed E-state index contributed by atoms with van der Waals surface area (Å²) >= 11 is 0. The Morgan fingerprint density at radius 2 is 1.78 bits per heavy atom. The molecule has 0 radical (unpaired) electrons. The summed E-state index contributed by atoms with van der Waals surface area (Å²) in [6, 6.07) is 3.75. The van der Waals surface area contributed by atoms with Gasteiger partial charge in [0.25, 0.3) is 0 Å². The van der Waals surface area contributed by atoms with Crippen LogP contribution in [0.1, 0.15) is 85.3 Å². The van der Waals surface area contributed by atoms with Gasteiger partial charge in [-0.2, -0.15) is 0 Å². The van der Waals surface area contributed by atoms with Crippen LogP contribution in [0.2, 0.25) is 0 Å². The van der Waals surface area contributed by atoms with Crippen molar-refractivity contribution in [2.45, 2.75) is 103 Å². The molecule has 10 heteroatoms. The highest BCUT2D eigenvalue weighted by atomic mass is 16.6. The summed E-state index contributed by atoms with van der Waals surface area (Å²) in [4.78, 5) is 53.2. The van der Waals surface area contributed by atoms with E-state index in [1.807, 2.05) is 20.8 Å². The Kier molecular flexibility index (Phi) is 9.34. The quantitative estimate of drug-likeness (QED) is 0.406. The number of carbonyl (C=O) groups excluding carboxylic acids is 4. The predicted octanol–water partition coefficient (Wildman–Crippen LogP) is 2.89. The standard InChI is InChI=1S/C26H40N4O6/c1-25(2,3)29-22(33)21(16-9-7-12-18(31)15-16)30(17-10-8-11-17)23(34)19(13-14-20(27)32)28-24(35)36-26(4,5)6/h7,9,12,15,17,19,21,31H,8,10-11,13-14H2,1-6H3,(H2,27,32)(H,28,35)(H,29,33). The van der Waals surface area contributed by atoms with Crippen LogP contribution in [0.3, 0.4) is 0 Å². The zero-order valence-electron chi connectivity index (χ0n) is 22.1.